The molecule has 0 bridgehead atoms. The number of piperazine rings is 1. The van der Waals surface area contributed by atoms with Gasteiger partial charge in [0.1, 0.15) is 5.54 Å². The number of carbonyl (C=O) groups excluding carboxylic acids is 1. The number of nitrogens with zero attached hydrogens (tertiary/aromatic N) is 2. The molecule has 1 heterocycles. The highest BCUT2D eigenvalue weighted by atomic mass is 16.4. The summed E-state index contributed by atoms with van der Waals surface area (Å²) in [6, 6.07) is 4.56. The van der Waals surface area contributed by atoms with Crippen LogP contribution in [-0.4, -0.2) is 47.6 Å². The van der Waals surface area contributed by atoms with Gasteiger partial charge in [-0.3, -0.25) is 4.79 Å². The number of likely N-dealkylation sites (N-methyl/N-ethyl adjacent to an activating group) is 1. The molecule has 108 valence electrons. The number of carboxylic acids is 1. The summed E-state index contributed by atoms with van der Waals surface area (Å²) in [5.41, 5.74) is 6.44. The number of hydrogen-bond donors (Lipinski definition) is 2. The zero-order valence-corrected chi connectivity index (χ0v) is 11.9. The highest BCUT2D eigenvalue weighted by Crippen LogP contribution is 2.33. The van der Waals surface area contributed by atoms with Gasteiger partial charge in [-0.25, -0.2) is 4.79 Å². The fourth-order valence-corrected chi connectivity index (χ4v) is 2.55. The standard InChI is InChI=1S/C14H19N3O3/c1-14(2)13(20)16(3)6-7-17(14)11-8-9(12(18)19)4-5-10(11)15/h4-5,8H,6-7,15H2,1-3H3,(H,18,19). The average molecular weight is 277 g/mol. The van der Waals surface area contributed by atoms with E-state index >= 15 is 0 Å². The second-order valence-corrected chi connectivity index (χ2v) is 5.52. The summed E-state index contributed by atoms with van der Waals surface area (Å²) < 4.78 is 0. The Morgan fingerprint density at radius 1 is 1.35 bits per heavy atom. The van der Waals surface area contributed by atoms with Crippen molar-refractivity contribution in [2.75, 3.05) is 30.8 Å². The molecule has 1 fully saturated rings. The Bertz CT molecular complexity index is 569. The summed E-state index contributed by atoms with van der Waals surface area (Å²) >= 11 is 0. The van der Waals surface area contributed by atoms with Gasteiger partial charge in [0.2, 0.25) is 5.91 Å². The highest BCUT2D eigenvalue weighted by Gasteiger charge is 2.41. The normalized spacial score (nSPS) is 18.2. The lowest BCUT2D eigenvalue weighted by Crippen LogP contribution is -2.62. The van der Waals surface area contributed by atoms with Crippen molar-refractivity contribution < 1.29 is 14.7 Å². The molecule has 2 rings (SSSR count). The van der Waals surface area contributed by atoms with Gasteiger partial charge in [-0.05, 0) is 32.0 Å². The van der Waals surface area contributed by atoms with Crippen molar-refractivity contribution in [3.05, 3.63) is 23.8 Å². The van der Waals surface area contributed by atoms with Crippen LogP contribution < -0.4 is 10.6 Å². The van der Waals surface area contributed by atoms with Crippen molar-refractivity contribution in [3.8, 4) is 0 Å². The number of hydrogen-bond acceptors (Lipinski definition) is 4. The Labute approximate surface area is 117 Å². The minimum Gasteiger partial charge on any atom is -0.478 e. The first-order valence-electron chi connectivity index (χ1n) is 6.41. The van der Waals surface area contributed by atoms with E-state index < -0.39 is 11.5 Å². The maximum Gasteiger partial charge on any atom is 0.335 e. The SMILES string of the molecule is CN1CCN(c2cc(C(=O)O)ccc2N)C(C)(C)C1=O. The molecule has 0 saturated carbocycles. The molecule has 0 atom stereocenters. The molecular formula is C14H19N3O3. The molecule has 3 N–H and O–H groups in total. The van der Waals surface area contributed by atoms with Gasteiger partial charge in [0.05, 0.1) is 16.9 Å². The van der Waals surface area contributed by atoms with E-state index in [1.165, 1.54) is 12.1 Å². The monoisotopic (exact) mass is 277 g/mol. The molecule has 0 aromatic heterocycles. The van der Waals surface area contributed by atoms with Crippen LogP contribution in [0.4, 0.5) is 11.4 Å². The van der Waals surface area contributed by atoms with Gasteiger partial charge < -0.3 is 20.6 Å². The summed E-state index contributed by atoms with van der Waals surface area (Å²) in [6.07, 6.45) is 0. The van der Waals surface area contributed by atoms with Crippen LogP contribution in [0.15, 0.2) is 18.2 Å². The number of amides is 1. The minimum absolute atomic E-state index is 0.0103. The van der Waals surface area contributed by atoms with E-state index in [9.17, 15) is 9.59 Å². The van der Waals surface area contributed by atoms with Crippen LogP contribution in [0.3, 0.4) is 0 Å². The predicted molar refractivity (Wildman–Crippen MR) is 76.9 cm³/mol. The number of nitrogen functional groups attached to an aromatic ring is 1. The third kappa shape index (κ3) is 2.17. The highest BCUT2D eigenvalue weighted by molar-refractivity contribution is 5.94. The van der Waals surface area contributed by atoms with Gasteiger partial charge >= 0.3 is 5.97 Å². The molecule has 0 spiro atoms. The number of carbonyl (C=O) groups is 2. The second-order valence-electron chi connectivity index (χ2n) is 5.52. The van der Waals surface area contributed by atoms with Crippen LogP contribution >= 0.6 is 0 Å². The molecular weight excluding hydrogens is 258 g/mol. The molecule has 6 nitrogen and oxygen atoms in total. The lowest BCUT2D eigenvalue weighted by molar-refractivity contribution is -0.136. The maximum atomic E-state index is 12.3. The third-order valence-electron chi connectivity index (χ3n) is 3.77. The quantitative estimate of drug-likeness (QED) is 0.788. The summed E-state index contributed by atoms with van der Waals surface area (Å²) in [6.45, 7) is 4.83. The van der Waals surface area contributed by atoms with Crippen LogP contribution in [0.5, 0.6) is 0 Å². The fraction of sp³-hybridized carbons (Fsp3) is 0.429. The number of rotatable bonds is 2. The number of anilines is 2. The number of nitrogens with two attached hydrogens (primary N) is 1. The number of benzene rings is 1. The minimum atomic E-state index is -1.01. The molecule has 1 aliphatic heterocycles. The Morgan fingerprint density at radius 3 is 2.60 bits per heavy atom. The van der Waals surface area contributed by atoms with Crippen molar-refractivity contribution in [3.63, 3.8) is 0 Å². The number of aromatic carboxylic acids is 1. The van der Waals surface area contributed by atoms with E-state index in [0.29, 0.717) is 24.5 Å². The third-order valence-corrected chi connectivity index (χ3v) is 3.77. The van der Waals surface area contributed by atoms with E-state index in [1.54, 1.807) is 18.0 Å². The zero-order valence-electron chi connectivity index (χ0n) is 11.9. The fourth-order valence-electron chi connectivity index (χ4n) is 2.55. The van der Waals surface area contributed by atoms with Gasteiger partial charge in [0.15, 0.2) is 0 Å². The van der Waals surface area contributed by atoms with Crippen molar-refractivity contribution in [1.82, 2.24) is 4.90 Å². The summed E-state index contributed by atoms with van der Waals surface area (Å²) in [7, 11) is 1.76. The Hall–Kier alpha value is -2.24. The molecule has 1 aromatic carbocycles. The van der Waals surface area contributed by atoms with Gasteiger partial charge in [-0.1, -0.05) is 0 Å². The summed E-state index contributed by atoms with van der Waals surface area (Å²) in [4.78, 5) is 26.9. The molecule has 6 heteroatoms. The molecule has 0 unspecified atom stereocenters. The van der Waals surface area contributed by atoms with E-state index in [4.69, 9.17) is 10.8 Å². The zero-order chi connectivity index (χ0) is 15.1. The molecule has 0 aliphatic carbocycles. The largest absolute Gasteiger partial charge is 0.478 e. The van der Waals surface area contributed by atoms with Crippen LogP contribution in [0.25, 0.3) is 0 Å². The van der Waals surface area contributed by atoms with Crippen LogP contribution in [-0.2, 0) is 4.79 Å². The van der Waals surface area contributed by atoms with E-state index in [1.807, 2.05) is 18.7 Å². The molecule has 0 radical (unpaired) electrons. The van der Waals surface area contributed by atoms with Gasteiger partial charge in [-0.2, -0.15) is 0 Å². The molecule has 1 amide bonds. The first kappa shape index (κ1) is 14.2. The van der Waals surface area contributed by atoms with Crippen LogP contribution in [0.1, 0.15) is 24.2 Å². The summed E-state index contributed by atoms with van der Waals surface area (Å²) in [5, 5.41) is 9.09. The van der Waals surface area contributed by atoms with Gasteiger partial charge in [0, 0.05) is 20.1 Å². The van der Waals surface area contributed by atoms with E-state index in [2.05, 4.69) is 0 Å². The van der Waals surface area contributed by atoms with Gasteiger partial charge in [-0.15, -0.1) is 0 Å². The van der Waals surface area contributed by atoms with Crippen LogP contribution in [0.2, 0.25) is 0 Å². The molecule has 20 heavy (non-hydrogen) atoms. The first-order valence-corrected chi connectivity index (χ1v) is 6.41. The Morgan fingerprint density at radius 2 is 2.00 bits per heavy atom. The molecule has 1 aliphatic rings. The van der Waals surface area contributed by atoms with Crippen molar-refractivity contribution in [2.24, 2.45) is 0 Å². The predicted octanol–water partition coefficient (Wildman–Crippen LogP) is 1.02. The second kappa shape index (κ2) is 4.70. The van der Waals surface area contributed by atoms with Crippen molar-refractivity contribution in [2.45, 2.75) is 19.4 Å². The maximum absolute atomic E-state index is 12.3. The smallest absolute Gasteiger partial charge is 0.335 e. The average Bonchev–Trinajstić information content (AvgIpc) is 2.37. The van der Waals surface area contributed by atoms with Crippen molar-refractivity contribution in [1.29, 1.82) is 0 Å². The first-order chi connectivity index (χ1) is 9.25. The van der Waals surface area contributed by atoms with E-state index in [-0.39, 0.29) is 11.5 Å². The molecule has 1 aromatic rings. The Kier molecular flexibility index (Phi) is 3.33. The lowest BCUT2D eigenvalue weighted by atomic mass is 9.96. The van der Waals surface area contributed by atoms with Gasteiger partial charge in [0.25, 0.3) is 0 Å². The van der Waals surface area contributed by atoms with Crippen molar-refractivity contribution >= 4 is 23.3 Å². The number of carboxylic acid groups (broad SMARTS) is 1. The lowest BCUT2D eigenvalue weighted by Gasteiger charge is -2.46. The Balaban J connectivity index is 2.48. The topological polar surface area (TPSA) is 86.9 Å². The summed E-state index contributed by atoms with van der Waals surface area (Å²) in [5.74, 6) is -1.02. The molecule has 1 saturated heterocycles. The van der Waals surface area contributed by atoms with Crippen LogP contribution in [0, 0.1) is 0 Å². The van der Waals surface area contributed by atoms with E-state index in [0.717, 1.165) is 0 Å².